The smallest absolute Gasteiger partial charge is 0.252 e. The largest absolute Gasteiger partial charge is 0.322 e. The van der Waals surface area contributed by atoms with Crippen LogP contribution in [0.4, 0.5) is 0 Å². The number of hydrogen-bond acceptors (Lipinski definition) is 5. The number of nitrogens with zero attached hydrogens (tertiary/aromatic N) is 5. The molecule has 1 N–H and O–H groups in total. The van der Waals surface area contributed by atoms with Crippen molar-refractivity contribution in [3.05, 3.63) is 123 Å². The van der Waals surface area contributed by atoms with Crippen LogP contribution < -0.4 is 5.56 Å². The van der Waals surface area contributed by atoms with Crippen molar-refractivity contribution in [3.63, 3.8) is 0 Å². The predicted molar refractivity (Wildman–Crippen MR) is 146 cm³/mol. The highest BCUT2D eigenvalue weighted by atomic mass is 16.1. The zero-order valence-electron chi connectivity index (χ0n) is 21.3. The predicted octanol–water partition coefficient (Wildman–Crippen LogP) is 5.07. The highest BCUT2D eigenvalue weighted by Gasteiger charge is 2.26. The Morgan fingerprint density at radius 3 is 2.41 bits per heavy atom. The summed E-state index contributed by atoms with van der Waals surface area (Å²) in [6, 6.07) is 28.7. The van der Waals surface area contributed by atoms with Gasteiger partial charge in [0.1, 0.15) is 0 Å². The number of benzene rings is 3. The van der Waals surface area contributed by atoms with Crippen LogP contribution in [-0.4, -0.2) is 36.6 Å². The third kappa shape index (κ3) is 5.84. The summed E-state index contributed by atoms with van der Waals surface area (Å²) in [5, 5.41) is 13.8. The van der Waals surface area contributed by atoms with Crippen LogP contribution in [0.25, 0.3) is 10.9 Å². The maximum atomic E-state index is 13.1. The molecule has 0 bridgehead atoms. The van der Waals surface area contributed by atoms with Crippen LogP contribution in [0.3, 0.4) is 0 Å². The number of aromatic nitrogens is 5. The van der Waals surface area contributed by atoms with Crippen LogP contribution in [0.15, 0.2) is 89.7 Å². The molecule has 1 atom stereocenters. The molecular formula is C30H32N6O. The SMILES string of the molecule is CC[C@@H](c1nnnn1Cc1ccccc1)N(CCc1ccccc1)Cc1cc2cc(C)ccc2[nH]c1=O. The number of pyridine rings is 1. The molecule has 0 spiro atoms. The van der Waals surface area contributed by atoms with Crippen LogP contribution in [0.5, 0.6) is 0 Å². The van der Waals surface area contributed by atoms with Gasteiger partial charge in [0.05, 0.1) is 12.6 Å². The molecule has 0 aliphatic heterocycles. The van der Waals surface area contributed by atoms with Gasteiger partial charge in [-0.1, -0.05) is 79.2 Å². The maximum Gasteiger partial charge on any atom is 0.252 e. The summed E-state index contributed by atoms with van der Waals surface area (Å²) in [7, 11) is 0. The first-order valence-corrected chi connectivity index (χ1v) is 12.8. The number of aromatic amines is 1. The van der Waals surface area contributed by atoms with Gasteiger partial charge in [0.25, 0.3) is 5.56 Å². The van der Waals surface area contributed by atoms with E-state index in [1.807, 2.05) is 47.1 Å². The molecule has 5 aromatic rings. The first-order chi connectivity index (χ1) is 18.1. The van der Waals surface area contributed by atoms with Gasteiger partial charge in [-0.3, -0.25) is 9.69 Å². The van der Waals surface area contributed by atoms with E-state index in [9.17, 15) is 4.79 Å². The molecule has 0 saturated carbocycles. The summed E-state index contributed by atoms with van der Waals surface area (Å²) in [6.45, 7) is 6.09. The normalized spacial score (nSPS) is 12.3. The number of fused-ring (bicyclic) bond motifs is 1. The van der Waals surface area contributed by atoms with E-state index in [1.165, 1.54) is 5.56 Å². The van der Waals surface area contributed by atoms with Gasteiger partial charge in [0, 0.05) is 24.2 Å². The number of hydrogen-bond donors (Lipinski definition) is 1. The molecule has 3 aromatic carbocycles. The van der Waals surface area contributed by atoms with Crippen LogP contribution >= 0.6 is 0 Å². The van der Waals surface area contributed by atoms with E-state index in [1.54, 1.807) is 0 Å². The minimum Gasteiger partial charge on any atom is -0.322 e. The van der Waals surface area contributed by atoms with Gasteiger partial charge in [0.15, 0.2) is 5.82 Å². The third-order valence-corrected chi connectivity index (χ3v) is 6.84. The second-order valence-electron chi connectivity index (χ2n) is 9.52. The summed E-state index contributed by atoms with van der Waals surface area (Å²) >= 11 is 0. The van der Waals surface area contributed by atoms with Crippen molar-refractivity contribution < 1.29 is 0 Å². The highest BCUT2D eigenvalue weighted by Crippen LogP contribution is 2.25. The molecule has 0 unspecified atom stereocenters. The van der Waals surface area contributed by atoms with Gasteiger partial charge in [-0.05, 0) is 64.9 Å². The fourth-order valence-corrected chi connectivity index (χ4v) is 4.89. The zero-order chi connectivity index (χ0) is 25.6. The molecule has 7 heteroatoms. The molecular weight excluding hydrogens is 460 g/mol. The molecule has 7 nitrogen and oxygen atoms in total. The van der Waals surface area contributed by atoms with Gasteiger partial charge in [0.2, 0.25) is 0 Å². The van der Waals surface area contributed by atoms with Gasteiger partial charge in [-0.15, -0.1) is 5.10 Å². The van der Waals surface area contributed by atoms with Gasteiger partial charge >= 0.3 is 0 Å². The zero-order valence-corrected chi connectivity index (χ0v) is 21.3. The summed E-state index contributed by atoms with van der Waals surface area (Å²) in [5.74, 6) is 0.812. The lowest BCUT2D eigenvalue weighted by Crippen LogP contribution is -2.34. The summed E-state index contributed by atoms with van der Waals surface area (Å²) in [4.78, 5) is 18.5. The summed E-state index contributed by atoms with van der Waals surface area (Å²) in [5.41, 5.74) is 5.11. The van der Waals surface area contributed by atoms with E-state index in [-0.39, 0.29) is 11.6 Å². The topological polar surface area (TPSA) is 79.7 Å². The lowest BCUT2D eigenvalue weighted by molar-refractivity contribution is 0.172. The first-order valence-electron chi connectivity index (χ1n) is 12.8. The lowest BCUT2D eigenvalue weighted by atomic mass is 10.1. The summed E-state index contributed by atoms with van der Waals surface area (Å²) in [6.07, 6.45) is 1.68. The molecule has 0 fully saturated rings. The Morgan fingerprint density at radius 1 is 0.946 bits per heavy atom. The Bertz CT molecular complexity index is 1510. The molecule has 0 saturated heterocycles. The van der Waals surface area contributed by atoms with E-state index in [2.05, 4.69) is 81.7 Å². The molecule has 0 aliphatic carbocycles. The number of nitrogens with one attached hydrogen (secondary N) is 1. The molecule has 0 amide bonds. The van der Waals surface area contributed by atoms with Crippen molar-refractivity contribution >= 4 is 10.9 Å². The summed E-state index contributed by atoms with van der Waals surface area (Å²) < 4.78 is 1.88. The number of rotatable bonds is 10. The maximum absolute atomic E-state index is 13.1. The second-order valence-corrected chi connectivity index (χ2v) is 9.52. The quantitative estimate of drug-likeness (QED) is 0.295. The molecule has 2 aromatic heterocycles. The molecule has 5 rings (SSSR count). The highest BCUT2D eigenvalue weighted by molar-refractivity contribution is 5.79. The molecule has 0 aliphatic rings. The van der Waals surface area contributed by atoms with Crippen molar-refractivity contribution in [2.24, 2.45) is 0 Å². The van der Waals surface area contributed by atoms with Gasteiger partial charge in [-0.25, -0.2) is 4.68 Å². The van der Waals surface area contributed by atoms with Gasteiger partial charge < -0.3 is 4.98 Å². The molecule has 2 heterocycles. The Morgan fingerprint density at radius 2 is 1.68 bits per heavy atom. The standard InChI is InChI=1S/C30H32N6O/c1-3-28(29-32-33-34-36(29)20-24-12-8-5-9-13-24)35(17-16-23-10-6-4-7-11-23)21-26-19-25-18-22(2)14-15-27(25)31-30(26)37/h4-15,18-19,28H,3,16-17,20-21H2,1-2H3,(H,31,37)/t28-/m0/s1. The van der Waals surface area contributed by atoms with Crippen LogP contribution in [0.1, 0.15) is 47.5 Å². The van der Waals surface area contributed by atoms with Crippen molar-refractivity contribution in [2.75, 3.05) is 6.54 Å². The first kappa shape index (κ1) is 24.6. The fourth-order valence-electron chi connectivity index (χ4n) is 4.89. The average Bonchev–Trinajstić information content (AvgIpc) is 3.37. The van der Waals surface area contributed by atoms with Crippen LogP contribution in [0.2, 0.25) is 0 Å². The van der Waals surface area contributed by atoms with E-state index < -0.39 is 0 Å². The number of tetrazole rings is 1. The Kier molecular flexibility index (Phi) is 7.51. The van der Waals surface area contributed by atoms with Crippen molar-refractivity contribution in [2.45, 2.75) is 45.8 Å². The lowest BCUT2D eigenvalue weighted by Gasteiger charge is -2.30. The number of aryl methyl sites for hydroxylation is 1. The number of H-pyrrole nitrogens is 1. The average molecular weight is 493 g/mol. The van der Waals surface area contributed by atoms with Crippen molar-refractivity contribution in [1.82, 2.24) is 30.1 Å². The van der Waals surface area contributed by atoms with Gasteiger partial charge in [-0.2, -0.15) is 0 Å². The third-order valence-electron chi connectivity index (χ3n) is 6.84. The molecule has 0 radical (unpaired) electrons. The van der Waals surface area contributed by atoms with Crippen molar-refractivity contribution in [1.29, 1.82) is 0 Å². The van der Waals surface area contributed by atoms with E-state index in [0.717, 1.165) is 52.8 Å². The minimum absolute atomic E-state index is 0.0463. The Hall–Kier alpha value is -4.10. The molecule has 188 valence electrons. The van der Waals surface area contributed by atoms with E-state index >= 15 is 0 Å². The van der Waals surface area contributed by atoms with E-state index in [0.29, 0.717) is 13.1 Å². The minimum atomic E-state index is -0.0557. The Labute approximate surface area is 216 Å². The van der Waals surface area contributed by atoms with Crippen LogP contribution in [0, 0.1) is 6.92 Å². The molecule has 37 heavy (non-hydrogen) atoms. The van der Waals surface area contributed by atoms with Crippen molar-refractivity contribution in [3.8, 4) is 0 Å². The second kappa shape index (κ2) is 11.3. The monoisotopic (exact) mass is 492 g/mol. The van der Waals surface area contributed by atoms with Crippen LogP contribution in [-0.2, 0) is 19.5 Å². The Balaban J connectivity index is 1.48. The fraction of sp³-hybridized carbons (Fsp3) is 0.267. The van der Waals surface area contributed by atoms with E-state index in [4.69, 9.17) is 0 Å².